The molecule has 2 rings (SSSR count). The molecule has 0 aliphatic heterocycles. The van der Waals surface area contributed by atoms with E-state index in [-0.39, 0.29) is 16.1 Å². The average Bonchev–Trinajstić information content (AvgIpc) is 2.32. The lowest BCUT2D eigenvalue weighted by atomic mass is 10.0. The second-order valence-corrected chi connectivity index (χ2v) is 3.95. The topological polar surface area (TPSA) is 20.2 Å². The zero-order valence-electron chi connectivity index (χ0n) is 8.70. The third-order valence-corrected chi connectivity index (χ3v) is 2.87. The van der Waals surface area contributed by atoms with Gasteiger partial charge in [-0.2, -0.15) is 0 Å². The quantitative estimate of drug-likeness (QED) is 0.866. The Labute approximate surface area is 102 Å². The van der Waals surface area contributed by atoms with Crippen molar-refractivity contribution in [2.24, 2.45) is 0 Å². The van der Waals surface area contributed by atoms with E-state index in [1.807, 2.05) is 0 Å². The standard InChI is InChI=1S/C13H9ClF2O/c14-12-9(5-3-7-11(12)16)13(17)8-4-1-2-6-10(8)15/h1-7,13,17H. The van der Waals surface area contributed by atoms with Gasteiger partial charge in [-0.3, -0.25) is 0 Å². The van der Waals surface area contributed by atoms with Crippen LogP contribution in [0.25, 0.3) is 0 Å². The fraction of sp³-hybridized carbons (Fsp3) is 0.0769. The zero-order chi connectivity index (χ0) is 12.4. The molecule has 0 heterocycles. The highest BCUT2D eigenvalue weighted by molar-refractivity contribution is 6.31. The van der Waals surface area contributed by atoms with Gasteiger partial charge >= 0.3 is 0 Å². The summed E-state index contributed by atoms with van der Waals surface area (Å²) in [5.74, 6) is -1.19. The van der Waals surface area contributed by atoms with Crippen LogP contribution in [0.5, 0.6) is 0 Å². The highest BCUT2D eigenvalue weighted by Crippen LogP contribution is 2.30. The summed E-state index contributed by atoms with van der Waals surface area (Å²) in [6, 6.07) is 9.82. The molecular formula is C13H9ClF2O. The molecule has 0 saturated carbocycles. The summed E-state index contributed by atoms with van der Waals surface area (Å²) >= 11 is 5.73. The summed E-state index contributed by atoms with van der Waals surface area (Å²) in [4.78, 5) is 0. The second kappa shape index (κ2) is 4.82. The molecule has 2 aromatic carbocycles. The van der Waals surface area contributed by atoms with Crippen LogP contribution in [0.15, 0.2) is 42.5 Å². The molecule has 0 aromatic heterocycles. The first-order valence-electron chi connectivity index (χ1n) is 4.97. The summed E-state index contributed by atoms with van der Waals surface area (Å²) in [5.41, 5.74) is 0.219. The molecule has 0 fully saturated rings. The second-order valence-electron chi connectivity index (χ2n) is 3.57. The van der Waals surface area contributed by atoms with Crippen molar-refractivity contribution in [1.82, 2.24) is 0 Å². The zero-order valence-corrected chi connectivity index (χ0v) is 9.46. The number of hydrogen-bond acceptors (Lipinski definition) is 1. The van der Waals surface area contributed by atoms with Crippen molar-refractivity contribution in [2.75, 3.05) is 0 Å². The average molecular weight is 255 g/mol. The maximum atomic E-state index is 13.5. The number of aliphatic hydroxyl groups is 1. The molecule has 88 valence electrons. The van der Waals surface area contributed by atoms with E-state index in [1.165, 1.54) is 36.4 Å². The van der Waals surface area contributed by atoms with Gasteiger partial charge in [-0.1, -0.05) is 41.9 Å². The van der Waals surface area contributed by atoms with Gasteiger partial charge < -0.3 is 5.11 Å². The Morgan fingerprint density at radius 3 is 2.18 bits per heavy atom. The summed E-state index contributed by atoms with van der Waals surface area (Å²) < 4.78 is 26.7. The first kappa shape index (κ1) is 12.0. The first-order valence-corrected chi connectivity index (χ1v) is 5.35. The van der Waals surface area contributed by atoms with Gasteiger partial charge in [0.2, 0.25) is 0 Å². The molecule has 0 aliphatic rings. The number of halogens is 3. The highest BCUT2D eigenvalue weighted by atomic mass is 35.5. The lowest BCUT2D eigenvalue weighted by molar-refractivity contribution is 0.214. The van der Waals surface area contributed by atoms with Gasteiger partial charge in [0.25, 0.3) is 0 Å². The van der Waals surface area contributed by atoms with Gasteiger partial charge in [0.1, 0.15) is 17.7 Å². The molecule has 1 unspecified atom stereocenters. The Balaban J connectivity index is 2.48. The first-order chi connectivity index (χ1) is 8.11. The fourth-order valence-corrected chi connectivity index (χ4v) is 1.83. The van der Waals surface area contributed by atoms with Gasteiger partial charge in [0.05, 0.1) is 5.02 Å². The minimum Gasteiger partial charge on any atom is -0.383 e. The van der Waals surface area contributed by atoms with Crippen LogP contribution in [0.1, 0.15) is 17.2 Å². The lowest BCUT2D eigenvalue weighted by Crippen LogP contribution is -2.03. The molecule has 0 amide bonds. The Morgan fingerprint density at radius 2 is 1.47 bits per heavy atom. The van der Waals surface area contributed by atoms with Crippen LogP contribution < -0.4 is 0 Å². The van der Waals surface area contributed by atoms with Gasteiger partial charge in [-0.25, -0.2) is 8.78 Å². The van der Waals surface area contributed by atoms with Crippen LogP contribution in [-0.4, -0.2) is 5.11 Å². The molecule has 4 heteroatoms. The van der Waals surface area contributed by atoms with Gasteiger partial charge in [0.15, 0.2) is 0 Å². The molecule has 0 radical (unpaired) electrons. The molecule has 0 saturated heterocycles. The van der Waals surface area contributed by atoms with Gasteiger partial charge in [-0.15, -0.1) is 0 Å². The summed E-state index contributed by atoms with van der Waals surface area (Å²) in [6.07, 6.45) is -1.28. The van der Waals surface area contributed by atoms with Crippen molar-refractivity contribution in [1.29, 1.82) is 0 Å². The summed E-state index contributed by atoms with van der Waals surface area (Å²) in [7, 11) is 0. The van der Waals surface area contributed by atoms with Crippen LogP contribution in [0, 0.1) is 11.6 Å². The predicted molar refractivity (Wildman–Crippen MR) is 61.9 cm³/mol. The normalized spacial score (nSPS) is 12.5. The van der Waals surface area contributed by atoms with E-state index in [4.69, 9.17) is 11.6 Å². The summed E-state index contributed by atoms with van der Waals surface area (Å²) in [5, 5.41) is 9.80. The van der Waals surface area contributed by atoms with E-state index in [2.05, 4.69) is 0 Å². The SMILES string of the molecule is OC(c1ccccc1F)c1cccc(F)c1Cl. The van der Waals surface area contributed by atoms with Gasteiger partial charge in [-0.05, 0) is 12.1 Å². The molecule has 0 bridgehead atoms. The van der Waals surface area contributed by atoms with E-state index in [9.17, 15) is 13.9 Å². The molecular weight excluding hydrogens is 246 g/mol. The van der Waals surface area contributed by atoms with Crippen molar-refractivity contribution >= 4 is 11.6 Å². The maximum Gasteiger partial charge on any atom is 0.142 e. The molecule has 1 N–H and O–H groups in total. The lowest BCUT2D eigenvalue weighted by Gasteiger charge is -2.14. The molecule has 2 aromatic rings. The van der Waals surface area contributed by atoms with E-state index in [0.29, 0.717) is 0 Å². The molecule has 1 nitrogen and oxygen atoms in total. The van der Waals surface area contributed by atoms with E-state index in [1.54, 1.807) is 6.07 Å². The van der Waals surface area contributed by atoms with Crippen molar-refractivity contribution in [3.05, 3.63) is 70.2 Å². The van der Waals surface area contributed by atoms with Crippen LogP contribution in [0.4, 0.5) is 8.78 Å². The molecule has 0 spiro atoms. The van der Waals surface area contributed by atoms with Crippen LogP contribution >= 0.6 is 11.6 Å². The molecule has 17 heavy (non-hydrogen) atoms. The highest BCUT2D eigenvalue weighted by Gasteiger charge is 2.18. The van der Waals surface area contributed by atoms with Crippen molar-refractivity contribution in [3.8, 4) is 0 Å². The molecule has 0 aliphatic carbocycles. The largest absolute Gasteiger partial charge is 0.383 e. The predicted octanol–water partition coefficient (Wildman–Crippen LogP) is 3.70. The monoisotopic (exact) mass is 254 g/mol. The van der Waals surface area contributed by atoms with E-state index >= 15 is 0 Å². The minimum atomic E-state index is -1.28. The van der Waals surface area contributed by atoms with E-state index < -0.39 is 17.7 Å². The summed E-state index contributed by atoms with van der Waals surface area (Å²) in [6.45, 7) is 0. The third kappa shape index (κ3) is 2.30. The Morgan fingerprint density at radius 1 is 0.882 bits per heavy atom. The van der Waals surface area contributed by atoms with Crippen LogP contribution in [-0.2, 0) is 0 Å². The fourth-order valence-electron chi connectivity index (χ4n) is 1.60. The van der Waals surface area contributed by atoms with Gasteiger partial charge in [0, 0.05) is 11.1 Å². The number of hydrogen-bond donors (Lipinski definition) is 1. The molecule has 1 atom stereocenters. The van der Waals surface area contributed by atoms with Crippen LogP contribution in [0.2, 0.25) is 5.02 Å². The van der Waals surface area contributed by atoms with Crippen molar-refractivity contribution in [3.63, 3.8) is 0 Å². The van der Waals surface area contributed by atoms with Crippen LogP contribution in [0.3, 0.4) is 0 Å². The number of rotatable bonds is 2. The van der Waals surface area contributed by atoms with Crippen molar-refractivity contribution < 1.29 is 13.9 Å². The smallest absolute Gasteiger partial charge is 0.142 e. The Bertz CT molecular complexity index is 543. The number of benzene rings is 2. The Kier molecular flexibility index (Phi) is 3.41. The maximum absolute atomic E-state index is 13.5. The third-order valence-electron chi connectivity index (χ3n) is 2.48. The Hall–Kier alpha value is -1.45. The number of aliphatic hydroxyl groups excluding tert-OH is 1. The minimum absolute atomic E-state index is 0.0694. The van der Waals surface area contributed by atoms with E-state index in [0.717, 1.165) is 0 Å². The van der Waals surface area contributed by atoms with Crippen molar-refractivity contribution in [2.45, 2.75) is 6.10 Å².